The molecule has 0 aliphatic carbocycles. The van der Waals surface area contributed by atoms with Crippen LogP contribution in [-0.2, 0) is 14.3 Å². The fourth-order valence-corrected chi connectivity index (χ4v) is 3.21. The van der Waals surface area contributed by atoms with Gasteiger partial charge in [-0.15, -0.1) is 0 Å². The Balaban J connectivity index is 0.000000705. The Kier molecular flexibility index (Phi) is 7.26. The van der Waals surface area contributed by atoms with Crippen LogP contribution in [0, 0.1) is 0 Å². The molecule has 2 saturated heterocycles. The summed E-state index contributed by atoms with van der Waals surface area (Å²) < 4.78 is 11.8. The summed E-state index contributed by atoms with van der Waals surface area (Å²) in [7, 11) is 0. The lowest BCUT2D eigenvalue weighted by Crippen LogP contribution is -2.58. The predicted octanol–water partition coefficient (Wildman–Crippen LogP) is 2.64. The molecule has 1 unspecified atom stereocenters. The predicted molar refractivity (Wildman–Crippen MR) is 95.7 cm³/mol. The highest BCUT2D eigenvalue weighted by Crippen LogP contribution is 2.33. The van der Waals surface area contributed by atoms with Crippen molar-refractivity contribution in [3.8, 4) is 0 Å². The number of carbonyl (C=O) groups excluding carboxylic acids is 1. The van der Waals surface area contributed by atoms with E-state index in [1.165, 1.54) is 0 Å². The summed E-state index contributed by atoms with van der Waals surface area (Å²) in [5, 5.41) is 10.9. The minimum Gasteiger partial charge on any atom is -0.481 e. The normalized spacial score (nSPS) is 26.2. The van der Waals surface area contributed by atoms with Crippen molar-refractivity contribution in [3.63, 3.8) is 0 Å². The Labute approximate surface area is 151 Å². The third kappa shape index (κ3) is 8.05. The van der Waals surface area contributed by atoms with Crippen LogP contribution >= 0.6 is 0 Å². The molecule has 0 saturated carbocycles. The average Bonchev–Trinajstić information content (AvgIpc) is 2.57. The number of aliphatic carboxylic acids is 1. The van der Waals surface area contributed by atoms with E-state index in [0.29, 0.717) is 6.54 Å². The van der Waals surface area contributed by atoms with E-state index in [9.17, 15) is 4.79 Å². The number of morpholine rings is 1. The highest BCUT2D eigenvalue weighted by molar-refractivity contribution is 5.68. The summed E-state index contributed by atoms with van der Waals surface area (Å²) in [6.45, 7) is 14.2. The number of amides is 1. The van der Waals surface area contributed by atoms with E-state index in [0.717, 1.165) is 45.8 Å². The van der Waals surface area contributed by atoms with E-state index in [2.05, 4.69) is 19.2 Å². The molecule has 2 N–H and O–H groups in total. The zero-order valence-electron chi connectivity index (χ0n) is 16.5. The minimum absolute atomic E-state index is 0.140. The maximum absolute atomic E-state index is 12.2. The van der Waals surface area contributed by atoms with Crippen LogP contribution in [-0.4, -0.2) is 65.1 Å². The first-order chi connectivity index (χ1) is 11.3. The molecule has 7 nitrogen and oxygen atoms in total. The number of nitrogens with zero attached hydrogens (tertiary/aromatic N) is 1. The zero-order valence-corrected chi connectivity index (χ0v) is 16.5. The van der Waals surface area contributed by atoms with Gasteiger partial charge < -0.3 is 24.8 Å². The summed E-state index contributed by atoms with van der Waals surface area (Å²) in [5.41, 5.74) is -0.718. The number of likely N-dealkylation sites (tertiary alicyclic amines) is 1. The standard InChI is InChI=1S/C16H30N2O3.C2H4O2/c1-14(2,3)20-13(19)18-9-6-7-16(8-10-18)12-17-11-15(4,5)21-16;1-2(3)4/h17H,6-12H2,1-5H3;1H3,(H,3,4). The molecule has 2 rings (SSSR count). The third-order valence-electron chi connectivity index (χ3n) is 4.04. The summed E-state index contributed by atoms with van der Waals surface area (Å²) in [6.07, 6.45) is 2.60. The number of hydrogen-bond donors (Lipinski definition) is 2. The topological polar surface area (TPSA) is 88.1 Å². The quantitative estimate of drug-likeness (QED) is 0.692. The molecule has 0 bridgehead atoms. The van der Waals surface area contributed by atoms with Gasteiger partial charge in [0.05, 0.1) is 11.2 Å². The molecule has 0 radical (unpaired) electrons. The molecular formula is C18H34N2O5. The number of nitrogens with one attached hydrogen (secondary N) is 1. The first-order valence-electron chi connectivity index (χ1n) is 8.93. The largest absolute Gasteiger partial charge is 0.481 e. The number of ether oxygens (including phenoxy) is 2. The van der Waals surface area contributed by atoms with E-state index < -0.39 is 11.6 Å². The second kappa shape index (κ2) is 8.36. The molecule has 146 valence electrons. The van der Waals surface area contributed by atoms with Crippen molar-refractivity contribution in [2.75, 3.05) is 26.2 Å². The molecule has 0 aromatic rings. The zero-order chi connectivity index (χ0) is 19.3. The molecule has 0 aromatic carbocycles. The first-order valence-corrected chi connectivity index (χ1v) is 8.93. The van der Waals surface area contributed by atoms with Gasteiger partial charge >= 0.3 is 6.09 Å². The van der Waals surface area contributed by atoms with Crippen molar-refractivity contribution in [1.82, 2.24) is 10.2 Å². The summed E-state index contributed by atoms with van der Waals surface area (Å²) in [4.78, 5) is 23.0. The molecule has 1 atom stereocenters. The Morgan fingerprint density at radius 1 is 1.16 bits per heavy atom. The van der Waals surface area contributed by atoms with Crippen LogP contribution in [0.3, 0.4) is 0 Å². The summed E-state index contributed by atoms with van der Waals surface area (Å²) >= 11 is 0. The van der Waals surface area contributed by atoms with Gasteiger partial charge in [-0.25, -0.2) is 4.79 Å². The molecule has 2 aliphatic rings. The Morgan fingerprint density at radius 2 is 1.76 bits per heavy atom. The first kappa shape index (κ1) is 21.7. The molecular weight excluding hydrogens is 324 g/mol. The van der Waals surface area contributed by atoms with Gasteiger partial charge in [0.1, 0.15) is 5.60 Å². The Bertz CT molecular complexity index is 469. The van der Waals surface area contributed by atoms with Crippen LogP contribution in [0.15, 0.2) is 0 Å². The monoisotopic (exact) mass is 358 g/mol. The van der Waals surface area contributed by atoms with Crippen molar-refractivity contribution < 1.29 is 24.2 Å². The molecule has 2 aliphatic heterocycles. The Morgan fingerprint density at radius 3 is 2.28 bits per heavy atom. The molecule has 2 heterocycles. The van der Waals surface area contributed by atoms with E-state index >= 15 is 0 Å². The lowest BCUT2D eigenvalue weighted by atomic mass is 9.90. The smallest absolute Gasteiger partial charge is 0.410 e. The third-order valence-corrected chi connectivity index (χ3v) is 4.04. The minimum atomic E-state index is -0.833. The second-order valence-electron chi connectivity index (χ2n) is 8.49. The fraction of sp³-hybridized carbons (Fsp3) is 0.889. The molecule has 1 amide bonds. The van der Waals surface area contributed by atoms with Gasteiger partial charge in [0.2, 0.25) is 0 Å². The molecule has 2 fully saturated rings. The second-order valence-corrected chi connectivity index (χ2v) is 8.49. The number of hydrogen-bond acceptors (Lipinski definition) is 5. The van der Waals surface area contributed by atoms with Gasteiger partial charge in [0, 0.05) is 33.1 Å². The van der Waals surface area contributed by atoms with Crippen molar-refractivity contribution >= 4 is 12.1 Å². The van der Waals surface area contributed by atoms with Gasteiger partial charge in [-0.1, -0.05) is 0 Å². The number of carboxylic acids is 1. The number of carbonyl (C=O) groups is 2. The highest BCUT2D eigenvalue weighted by Gasteiger charge is 2.42. The molecule has 0 aromatic heterocycles. The average molecular weight is 358 g/mol. The van der Waals surface area contributed by atoms with Crippen LogP contribution in [0.25, 0.3) is 0 Å². The highest BCUT2D eigenvalue weighted by atomic mass is 16.6. The van der Waals surface area contributed by atoms with Crippen LogP contribution < -0.4 is 5.32 Å². The van der Waals surface area contributed by atoms with Gasteiger partial charge in [0.25, 0.3) is 5.97 Å². The van der Waals surface area contributed by atoms with Gasteiger partial charge in [-0.3, -0.25) is 4.79 Å². The number of carboxylic acid groups (broad SMARTS) is 1. The summed E-state index contributed by atoms with van der Waals surface area (Å²) in [6, 6.07) is 0. The van der Waals surface area contributed by atoms with Crippen LogP contribution in [0.5, 0.6) is 0 Å². The molecule has 1 spiro atoms. The van der Waals surface area contributed by atoms with E-state index in [4.69, 9.17) is 19.4 Å². The van der Waals surface area contributed by atoms with Gasteiger partial charge in [-0.2, -0.15) is 0 Å². The lowest BCUT2D eigenvalue weighted by Gasteiger charge is -2.45. The lowest BCUT2D eigenvalue weighted by molar-refractivity contribution is -0.166. The summed E-state index contributed by atoms with van der Waals surface area (Å²) in [5.74, 6) is -0.833. The Hall–Kier alpha value is -1.34. The number of rotatable bonds is 0. The van der Waals surface area contributed by atoms with Crippen molar-refractivity contribution in [2.24, 2.45) is 0 Å². The van der Waals surface area contributed by atoms with Crippen LogP contribution in [0.2, 0.25) is 0 Å². The van der Waals surface area contributed by atoms with Crippen LogP contribution in [0.1, 0.15) is 60.8 Å². The fourth-order valence-electron chi connectivity index (χ4n) is 3.21. The SMILES string of the molecule is CC(=O)O.CC(C)(C)OC(=O)N1CCCC2(CC1)CNCC(C)(C)O2. The maximum Gasteiger partial charge on any atom is 0.410 e. The van der Waals surface area contributed by atoms with Gasteiger partial charge in [0.15, 0.2) is 0 Å². The molecule has 25 heavy (non-hydrogen) atoms. The maximum atomic E-state index is 12.2. The van der Waals surface area contributed by atoms with E-state index in [-0.39, 0.29) is 17.3 Å². The van der Waals surface area contributed by atoms with Gasteiger partial charge in [-0.05, 0) is 53.9 Å². The van der Waals surface area contributed by atoms with Crippen molar-refractivity contribution in [2.45, 2.75) is 77.6 Å². The van der Waals surface area contributed by atoms with Crippen molar-refractivity contribution in [1.29, 1.82) is 0 Å². The van der Waals surface area contributed by atoms with Crippen molar-refractivity contribution in [3.05, 3.63) is 0 Å². The van der Waals surface area contributed by atoms with E-state index in [1.54, 1.807) is 0 Å². The van der Waals surface area contributed by atoms with Crippen LogP contribution in [0.4, 0.5) is 4.79 Å². The molecule has 7 heteroatoms. The van der Waals surface area contributed by atoms with E-state index in [1.807, 2.05) is 25.7 Å².